The van der Waals surface area contributed by atoms with Crippen LogP contribution in [0.5, 0.6) is 0 Å². The van der Waals surface area contributed by atoms with Crippen LogP contribution in [0.15, 0.2) is 6.33 Å². The Morgan fingerprint density at radius 2 is 2.53 bits per heavy atom. The van der Waals surface area contributed by atoms with Gasteiger partial charge in [-0.15, -0.1) is 0 Å². The number of H-pyrrole nitrogens is 1. The van der Waals surface area contributed by atoms with Crippen molar-refractivity contribution in [3.05, 3.63) is 12.2 Å². The lowest BCUT2D eigenvalue weighted by molar-refractivity contribution is 0.206. The average molecular weight is 237 g/mol. The maximum absolute atomic E-state index is 4.11. The quantitative estimate of drug-likeness (QED) is 0.714. The minimum Gasteiger partial charge on any atom is -0.316 e. The fraction of sp³-hybridized carbons (Fsp3) is 0.833. The van der Waals surface area contributed by atoms with E-state index in [4.69, 9.17) is 0 Å². The third kappa shape index (κ3) is 4.44. The van der Waals surface area contributed by atoms with Crippen LogP contribution in [0.1, 0.15) is 25.1 Å². The second kappa shape index (κ2) is 6.71. The van der Waals surface area contributed by atoms with E-state index in [2.05, 4.69) is 32.4 Å². The van der Waals surface area contributed by atoms with Crippen molar-refractivity contribution in [2.24, 2.45) is 5.92 Å². The molecule has 96 valence electrons. The number of aromatic nitrogens is 3. The molecular formula is C12H23N5. The van der Waals surface area contributed by atoms with E-state index in [1.54, 1.807) is 6.33 Å². The molecular weight excluding hydrogens is 214 g/mol. The van der Waals surface area contributed by atoms with Crippen LogP contribution in [0.2, 0.25) is 0 Å². The molecule has 0 aliphatic carbocycles. The SMILES string of the molecule is CN1CCCC(CNCCCc2ncn[nH]2)C1. The molecule has 5 nitrogen and oxygen atoms in total. The smallest absolute Gasteiger partial charge is 0.137 e. The minimum atomic E-state index is 0.832. The van der Waals surface area contributed by atoms with Gasteiger partial charge in [0, 0.05) is 13.0 Å². The predicted molar refractivity (Wildman–Crippen MR) is 67.8 cm³/mol. The van der Waals surface area contributed by atoms with Crippen LogP contribution in [-0.2, 0) is 6.42 Å². The van der Waals surface area contributed by atoms with Crippen molar-refractivity contribution in [1.29, 1.82) is 0 Å². The molecule has 2 heterocycles. The largest absolute Gasteiger partial charge is 0.316 e. The van der Waals surface area contributed by atoms with Gasteiger partial charge in [-0.05, 0) is 51.9 Å². The van der Waals surface area contributed by atoms with E-state index >= 15 is 0 Å². The van der Waals surface area contributed by atoms with Crippen molar-refractivity contribution in [2.75, 3.05) is 33.2 Å². The van der Waals surface area contributed by atoms with Gasteiger partial charge in [0.2, 0.25) is 0 Å². The van der Waals surface area contributed by atoms with Gasteiger partial charge in [-0.25, -0.2) is 4.98 Å². The zero-order chi connectivity index (χ0) is 11.9. The van der Waals surface area contributed by atoms with E-state index < -0.39 is 0 Å². The minimum absolute atomic E-state index is 0.832. The van der Waals surface area contributed by atoms with Gasteiger partial charge in [0.1, 0.15) is 12.2 Å². The molecule has 1 fully saturated rings. The van der Waals surface area contributed by atoms with Crippen molar-refractivity contribution >= 4 is 0 Å². The number of nitrogens with one attached hydrogen (secondary N) is 2. The van der Waals surface area contributed by atoms with Gasteiger partial charge < -0.3 is 10.2 Å². The summed E-state index contributed by atoms with van der Waals surface area (Å²) in [7, 11) is 2.22. The molecule has 1 aromatic rings. The van der Waals surface area contributed by atoms with Crippen molar-refractivity contribution in [3.8, 4) is 0 Å². The summed E-state index contributed by atoms with van der Waals surface area (Å²) in [5.41, 5.74) is 0. The van der Waals surface area contributed by atoms with Gasteiger partial charge in [0.15, 0.2) is 0 Å². The molecule has 17 heavy (non-hydrogen) atoms. The second-order valence-corrected chi connectivity index (χ2v) is 5.01. The van der Waals surface area contributed by atoms with Crippen molar-refractivity contribution in [1.82, 2.24) is 25.4 Å². The number of rotatable bonds is 6. The Bertz CT molecular complexity index is 298. The van der Waals surface area contributed by atoms with Gasteiger partial charge in [-0.1, -0.05) is 0 Å². The topological polar surface area (TPSA) is 56.8 Å². The molecule has 1 aromatic heterocycles. The first-order valence-electron chi connectivity index (χ1n) is 6.58. The molecule has 0 bridgehead atoms. The molecule has 0 aromatic carbocycles. The average Bonchev–Trinajstić information content (AvgIpc) is 2.82. The lowest BCUT2D eigenvalue weighted by atomic mass is 9.98. The molecule has 0 spiro atoms. The first-order valence-corrected chi connectivity index (χ1v) is 6.58. The first-order chi connectivity index (χ1) is 8.34. The Balaban J connectivity index is 1.51. The van der Waals surface area contributed by atoms with E-state index in [-0.39, 0.29) is 0 Å². The summed E-state index contributed by atoms with van der Waals surface area (Å²) < 4.78 is 0. The zero-order valence-electron chi connectivity index (χ0n) is 10.7. The highest BCUT2D eigenvalue weighted by atomic mass is 15.2. The Morgan fingerprint density at radius 1 is 1.59 bits per heavy atom. The number of piperidine rings is 1. The number of aryl methyl sites for hydroxylation is 1. The highest BCUT2D eigenvalue weighted by Crippen LogP contribution is 2.13. The summed E-state index contributed by atoms with van der Waals surface area (Å²) >= 11 is 0. The number of likely N-dealkylation sites (tertiary alicyclic amines) is 1. The number of hydrogen-bond acceptors (Lipinski definition) is 4. The zero-order valence-corrected chi connectivity index (χ0v) is 10.7. The molecule has 1 atom stereocenters. The Hall–Kier alpha value is -0.940. The molecule has 2 N–H and O–H groups in total. The maximum atomic E-state index is 4.11. The van der Waals surface area contributed by atoms with E-state index in [0.717, 1.165) is 37.7 Å². The fourth-order valence-corrected chi connectivity index (χ4v) is 2.48. The Kier molecular flexibility index (Phi) is 4.94. The summed E-state index contributed by atoms with van der Waals surface area (Å²) in [6.07, 6.45) is 6.40. The summed E-state index contributed by atoms with van der Waals surface area (Å²) in [6, 6.07) is 0. The van der Waals surface area contributed by atoms with Gasteiger partial charge in [-0.3, -0.25) is 5.10 Å². The van der Waals surface area contributed by atoms with E-state index in [1.165, 1.54) is 25.9 Å². The van der Waals surface area contributed by atoms with E-state index in [0.29, 0.717) is 0 Å². The lowest BCUT2D eigenvalue weighted by Crippen LogP contribution is -2.37. The van der Waals surface area contributed by atoms with Gasteiger partial charge in [0.25, 0.3) is 0 Å². The van der Waals surface area contributed by atoms with Crippen LogP contribution in [0, 0.1) is 5.92 Å². The van der Waals surface area contributed by atoms with Crippen LogP contribution in [0.25, 0.3) is 0 Å². The number of nitrogens with zero attached hydrogens (tertiary/aromatic N) is 3. The van der Waals surface area contributed by atoms with Crippen molar-refractivity contribution in [3.63, 3.8) is 0 Å². The van der Waals surface area contributed by atoms with Gasteiger partial charge >= 0.3 is 0 Å². The van der Waals surface area contributed by atoms with Crippen molar-refractivity contribution in [2.45, 2.75) is 25.7 Å². The standard InChI is InChI=1S/C12H23N5/c1-17-7-3-4-11(9-17)8-13-6-2-5-12-14-10-15-16-12/h10-11,13H,2-9H2,1H3,(H,14,15,16). The fourth-order valence-electron chi connectivity index (χ4n) is 2.48. The number of aromatic amines is 1. The van der Waals surface area contributed by atoms with Crippen LogP contribution >= 0.6 is 0 Å². The van der Waals surface area contributed by atoms with E-state index in [9.17, 15) is 0 Å². The normalized spacial score (nSPS) is 21.8. The molecule has 5 heteroatoms. The molecule has 0 radical (unpaired) electrons. The Labute approximate surface area is 103 Å². The summed E-state index contributed by atoms with van der Waals surface area (Å²) in [4.78, 5) is 6.55. The highest BCUT2D eigenvalue weighted by Gasteiger charge is 2.16. The second-order valence-electron chi connectivity index (χ2n) is 5.01. The van der Waals surface area contributed by atoms with E-state index in [1.807, 2.05) is 0 Å². The highest BCUT2D eigenvalue weighted by molar-refractivity contribution is 4.80. The summed E-state index contributed by atoms with van der Waals surface area (Å²) in [6.45, 7) is 4.73. The lowest BCUT2D eigenvalue weighted by Gasteiger charge is -2.29. The molecule has 2 rings (SSSR count). The van der Waals surface area contributed by atoms with Crippen LogP contribution in [-0.4, -0.2) is 53.3 Å². The van der Waals surface area contributed by atoms with Crippen LogP contribution < -0.4 is 5.32 Å². The third-order valence-electron chi connectivity index (χ3n) is 3.39. The van der Waals surface area contributed by atoms with Crippen LogP contribution in [0.4, 0.5) is 0 Å². The molecule has 1 aliphatic rings. The van der Waals surface area contributed by atoms with Crippen LogP contribution in [0.3, 0.4) is 0 Å². The first kappa shape index (κ1) is 12.5. The molecule has 1 unspecified atom stereocenters. The summed E-state index contributed by atoms with van der Waals surface area (Å²) in [5, 5.41) is 10.3. The third-order valence-corrected chi connectivity index (χ3v) is 3.39. The molecule has 0 saturated carbocycles. The van der Waals surface area contributed by atoms with Gasteiger partial charge in [-0.2, -0.15) is 5.10 Å². The molecule has 1 saturated heterocycles. The molecule has 1 aliphatic heterocycles. The maximum Gasteiger partial charge on any atom is 0.137 e. The van der Waals surface area contributed by atoms with Crippen molar-refractivity contribution < 1.29 is 0 Å². The number of hydrogen-bond donors (Lipinski definition) is 2. The monoisotopic (exact) mass is 237 g/mol. The van der Waals surface area contributed by atoms with Gasteiger partial charge in [0.05, 0.1) is 0 Å². The predicted octanol–water partition coefficient (Wildman–Crippen LogP) is 0.669. The molecule has 0 amide bonds. The summed E-state index contributed by atoms with van der Waals surface area (Å²) in [5.74, 6) is 1.82. The Morgan fingerprint density at radius 3 is 3.29 bits per heavy atom.